The van der Waals surface area contributed by atoms with Crippen molar-refractivity contribution < 1.29 is 39.3 Å². The lowest BCUT2D eigenvalue weighted by Gasteiger charge is -2.22. The zero-order valence-corrected chi connectivity index (χ0v) is 15.1. The Balaban J connectivity index is 2.71. The van der Waals surface area contributed by atoms with Crippen LogP contribution in [0, 0.1) is 0 Å². The van der Waals surface area contributed by atoms with Crippen molar-refractivity contribution in [1.29, 1.82) is 0 Å². The first-order valence-electron chi connectivity index (χ1n) is 8.29. The largest absolute Gasteiger partial charge is 0.481 e. The summed E-state index contributed by atoms with van der Waals surface area (Å²) in [5, 5.41) is 33.0. The summed E-state index contributed by atoms with van der Waals surface area (Å²) in [4.78, 5) is 64.2. The number of carboxylic acids is 2. The molecule has 0 aliphatic carbocycles. The number of aliphatic carboxylic acids is 2. The van der Waals surface area contributed by atoms with Crippen molar-refractivity contribution in [2.75, 3.05) is 13.2 Å². The van der Waals surface area contributed by atoms with E-state index < -0.39 is 67.4 Å². The molecule has 0 aliphatic rings. The lowest BCUT2D eigenvalue weighted by molar-refractivity contribution is -0.141. The number of nitrogens with zero attached hydrogens (tertiary/aromatic N) is 1. The van der Waals surface area contributed by atoms with E-state index in [1.165, 1.54) is 12.5 Å². The van der Waals surface area contributed by atoms with Crippen molar-refractivity contribution in [2.45, 2.75) is 31.0 Å². The number of aliphatic hydroxyl groups is 1. The van der Waals surface area contributed by atoms with E-state index >= 15 is 0 Å². The van der Waals surface area contributed by atoms with Gasteiger partial charge >= 0.3 is 11.9 Å². The number of H-pyrrole nitrogens is 1. The molecule has 14 heteroatoms. The minimum atomic E-state index is -1.62. The Hall–Kier alpha value is -3.52. The van der Waals surface area contributed by atoms with Gasteiger partial charge in [0.25, 0.3) is 0 Å². The van der Waals surface area contributed by atoms with E-state index in [1.807, 2.05) is 5.32 Å². The van der Waals surface area contributed by atoms with E-state index in [9.17, 15) is 29.1 Å². The van der Waals surface area contributed by atoms with Crippen LogP contribution in [0.15, 0.2) is 12.5 Å². The maximum atomic E-state index is 12.3. The fourth-order valence-electron chi connectivity index (χ4n) is 2.14. The van der Waals surface area contributed by atoms with Crippen LogP contribution in [0.3, 0.4) is 0 Å². The summed E-state index contributed by atoms with van der Waals surface area (Å²) in [6, 6.07) is -4.21. The van der Waals surface area contributed by atoms with Crippen molar-refractivity contribution in [3.63, 3.8) is 0 Å². The maximum absolute atomic E-state index is 12.3. The lowest BCUT2D eigenvalue weighted by atomic mass is 10.1. The molecule has 9 N–H and O–H groups in total. The van der Waals surface area contributed by atoms with Crippen LogP contribution in [0.1, 0.15) is 12.1 Å². The van der Waals surface area contributed by atoms with Crippen LogP contribution in [-0.2, 0) is 30.4 Å². The molecule has 0 fully saturated rings. The van der Waals surface area contributed by atoms with Gasteiger partial charge in [0.15, 0.2) is 0 Å². The van der Waals surface area contributed by atoms with Gasteiger partial charge in [-0.05, 0) is 0 Å². The van der Waals surface area contributed by atoms with Crippen LogP contribution in [-0.4, -0.2) is 86.2 Å². The normalized spacial score (nSPS) is 13.6. The molecule has 14 nitrogen and oxygen atoms in total. The number of aromatic nitrogens is 2. The molecule has 3 atom stereocenters. The summed E-state index contributed by atoms with van der Waals surface area (Å²) in [5.74, 6) is -5.69. The molecule has 0 spiro atoms. The summed E-state index contributed by atoms with van der Waals surface area (Å²) < 4.78 is 0. The second-order valence-corrected chi connectivity index (χ2v) is 5.90. The third-order valence-electron chi connectivity index (χ3n) is 3.57. The van der Waals surface area contributed by atoms with Gasteiger partial charge in [0.2, 0.25) is 17.7 Å². The second-order valence-electron chi connectivity index (χ2n) is 5.90. The number of nitrogens with one attached hydrogen (secondary N) is 4. The summed E-state index contributed by atoms with van der Waals surface area (Å²) >= 11 is 0. The number of carbonyl (C=O) groups is 5. The van der Waals surface area contributed by atoms with E-state index in [0.717, 1.165) is 0 Å². The van der Waals surface area contributed by atoms with Crippen molar-refractivity contribution >= 4 is 29.7 Å². The molecule has 0 bridgehead atoms. The molecule has 1 rings (SSSR count). The van der Waals surface area contributed by atoms with E-state index in [1.54, 1.807) is 0 Å². The quantitative estimate of drug-likeness (QED) is 0.164. The van der Waals surface area contributed by atoms with E-state index in [-0.39, 0.29) is 6.42 Å². The zero-order valence-electron chi connectivity index (χ0n) is 15.1. The monoisotopic (exact) mass is 414 g/mol. The number of hydrogen-bond donors (Lipinski definition) is 8. The van der Waals surface area contributed by atoms with Crippen molar-refractivity contribution in [2.24, 2.45) is 5.73 Å². The first kappa shape index (κ1) is 23.5. The van der Waals surface area contributed by atoms with Gasteiger partial charge in [0, 0.05) is 18.3 Å². The third-order valence-corrected chi connectivity index (χ3v) is 3.57. The first-order valence-corrected chi connectivity index (χ1v) is 8.29. The minimum absolute atomic E-state index is 0.0742. The molecule has 3 unspecified atom stereocenters. The Kier molecular flexibility index (Phi) is 9.21. The van der Waals surface area contributed by atoms with Crippen LogP contribution in [0.25, 0.3) is 0 Å². The summed E-state index contributed by atoms with van der Waals surface area (Å²) in [6.07, 6.45) is 2.07. The van der Waals surface area contributed by atoms with Gasteiger partial charge in [0.1, 0.15) is 18.6 Å². The average molecular weight is 414 g/mol. The van der Waals surface area contributed by atoms with E-state index in [2.05, 4.69) is 20.6 Å². The fraction of sp³-hybridized carbons (Fsp3) is 0.467. The number of rotatable bonds is 12. The highest BCUT2D eigenvalue weighted by molar-refractivity contribution is 5.95. The summed E-state index contributed by atoms with van der Waals surface area (Å²) in [6.45, 7) is -1.64. The molecule has 0 radical (unpaired) electrons. The van der Waals surface area contributed by atoms with Crippen molar-refractivity contribution in [3.05, 3.63) is 18.2 Å². The van der Waals surface area contributed by atoms with Gasteiger partial charge < -0.3 is 42.0 Å². The van der Waals surface area contributed by atoms with Gasteiger partial charge in [-0.3, -0.25) is 24.0 Å². The van der Waals surface area contributed by atoms with Crippen LogP contribution in [0.2, 0.25) is 0 Å². The molecule has 1 aromatic heterocycles. The number of aliphatic hydroxyl groups excluding tert-OH is 1. The highest BCUT2D eigenvalue weighted by Gasteiger charge is 2.29. The number of hydrogen-bond acceptors (Lipinski definition) is 8. The number of carbonyl (C=O) groups excluding carboxylic acids is 3. The number of carboxylic acid groups (broad SMARTS) is 2. The van der Waals surface area contributed by atoms with E-state index in [4.69, 9.17) is 15.9 Å². The molecule has 1 heterocycles. The molecule has 1 aromatic rings. The van der Waals surface area contributed by atoms with Gasteiger partial charge in [-0.15, -0.1) is 0 Å². The second kappa shape index (κ2) is 11.4. The maximum Gasteiger partial charge on any atom is 0.322 e. The average Bonchev–Trinajstić information content (AvgIpc) is 3.15. The molecular weight excluding hydrogens is 392 g/mol. The molecule has 0 saturated carbocycles. The van der Waals surface area contributed by atoms with Gasteiger partial charge in [0.05, 0.1) is 25.4 Å². The molecule has 29 heavy (non-hydrogen) atoms. The number of imidazole rings is 1. The number of aromatic amines is 1. The van der Waals surface area contributed by atoms with Crippen LogP contribution in [0.4, 0.5) is 0 Å². The van der Waals surface area contributed by atoms with Crippen LogP contribution < -0.4 is 21.7 Å². The van der Waals surface area contributed by atoms with E-state index in [0.29, 0.717) is 5.69 Å². The predicted molar refractivity (Wildman–Crippen MR) is 94.1 cm³/mol. The first-order chi connectivity index (χ1) is 13.6. The van der Waals surface area contributed by atoms with Crippen LogP contribution >= 0.6 is 0 Å². The minimum Gasteiger partial charge on any atom is -0.481 e. The molecule has 3 amide bonds. The van der Waals surface area contributed by atoms with Gasteiger partial charge in [-0.1, -0.05) is 0 Å². The Bertz CT molecular complexity index is 737. The highest BCUT2D eigenvalue weighted by Crippen LogP contribution is 1.99. The fourth-order valence-corrected chi connectivity index (χ4v) is 2.14. The topological polar surface area (TPSA) is 237 Å². The SMILES string of the molecule is NC(Cc1cnc[nH]1)C(=O)NC(CO)C(=O)NC(CC(=O)O)C(=O)NCC(=O)O. The molecule has 0 aromatic carbocycles. The molecule has 0 aliphatic heterocycles. The third kappa shape index (κ3) is 8.35. The standard InChI is InChI=1S/C15H22N6O8/c16-8(1-7-3-17-6-19-7)13(27)21-10(5-22)15(29)20-9(2-11(23)24)14(28)18-4-12(25)26/h3,6,8-10,22H,1-2,4-5,16H2,(H,17,19)(H,18,28)(H,20,29)(H,21,27)(H,23,24)(H,25,26). The van der Waals surface area contributed by atoms with Crippen LogP contribution in [0.5, 0.6) is 0 Å². The summed E-state index contributed by atoms with van der Waals surface area (Å²) in [5.41, 5.74) is 6.29. The van der Waals surface area contributed by atoms with Crippen molar-refractivity contribution in [3.8, 4) is 0 Å². The van der Waals surface area contributed by atoms with Gasteiger partial charge in [-0.2, -0.15) is 0 Å². The lowest BCUT2D eigenvalue weighted by Crippen LogP contribution is -2.57. The molecular formula is C15H22N6O8. The highest BCUT2D eigenvalue weighted by atomic mass is 16.4. The smallest absolute Gasteiger partial charge is 0.322 e. The van der Waals surface area contributed by atoms with Crippen molar-refractivity contribution in [1.82, 2.24) is 25.9 Å². The number of amides is 3. The molecule has 0 saturated heterocycles. The summed E-state index contributed by atoms with van der Waals surface area (Å²) in [7, 11) is 0. The Labute approximate surface area is 163 Å². The zero-order chi connectivity index (χ0) is 22.0. The number of nitrogens with two attached hydrogens (primary N) is 1. The Morgan fingerprint density at radius 3 is 2.21 bits per heavy atom. The Morgan fingerprint density at radius 2 is 1.69 bits per heavy atom. The Morgan fingerprint density at radius 1 is 1.03 bits per heavy atom. The predicted octanol–water partition coefficient (Wildman–Crippen LogP) is -4.08. The molecule has 160 valence electrons. The van der Waals surface area contributed by atoms with Gasteiger partial charge in [-0.25, -0.2) is 4.98 Å².